The summed E-state index contributed by atoms with van der Waals surface area (Å²) in [5.41, 5.74) is 7.52. The molecule has 2 N–H and O–H groups in total. The van der Waals surface area contributed by atoms with Gasteiger partial charge in [0.05, 0.1) is 0 Å². The van der Waals surface area contributed by atoms with Gasteiger partial charge in [-0.25, -0.2) is 0 Å². The van der Waals surface area contributed by atoms with Crippen molar-refractivity contribution in [3.05, 3.63) is 29.8 Å². The molecule has 5 heteroatoms. The minimum atomic E-state index is 0.108. The fourth-order valence-electron chi connectivity index (χ4n) is 4.48. The smallest absolute Gasteiger partial charge is 0.260 e. The van der Waals surface area contributed by atoms with Crippen LogP contribution in [0.5, 0.6) is 5.75 Å². The predicted octanol–water partition coefficient (Wildman–Crippen LogP) is 2.25. The summed E-state index contributed by atoms with van der Waals surface area (Å²) in [6.45, 7) is 4.79. The lowest BCUT2D eigenvalue weighted by atomic mass is 9.99. The number of nitrogens with zero attached hydrogens (tertiary/aromatic N) is 2. The van der Waals surface area contributed by atoms with E-state index in [1.54, 1.807) is 0 Å². The molecular weight excluding hydrogens is 326 g/mol. The number of hydrogen-bond acceptors (Lipinski definition) is 4. The summed E-state index contributed by atoms with van der Waals surface area (Å²) >= 11 is 0. The largest absolute Gasteiger partial charge is 0.483 e. The van der Waals surface area contributed by atoms with Gasteiger partial charge in [-0.2, -0.15) is 0 Å². The molecule has 0 aromatic heterocycles. The SMILES string of the molecule is NC1CN(Cc2ccccc2OCC(=O)N2CCCCC2)CC1C1CC1. The Morgan fingerprint density at radius 2 is 1.88 bits per heavy atom. The zero-order valence-electron chi connectivity index (χ0n) is 15.6. The Hall–Kier alpha value is -1.59. The van der Waals surface area contributed by atoms with Crippen molar-refractivity contribution in [1.29, 1.82) is 0 Å². The molecule has 2 unspecified atom stereocenters. The Morgan fingerprint density at radius 3 is 2.65 bits per heavy atom. The molecule has 3 aliphatic rings. The van der Waals surface area contributed by atoms with Crippen LogP contribution < -0.4 is 10.5 Å². The molecule has 5 nitrogen and oxygen atoms in total. The van der Waals surface area contributed by atoms with Crippen LogP contribution in [0.3, 0.4) is 0 Å². The van der Waals surface area contributed by atoms with E-state index in [1.807, 2.05) is 23.1 Å². The lowest BCUT2D eigenvalue weighted by Crippen LogP contribution is -2.38. The molecule has 1 amide bonds. The van der Waals surface area contributed by atoms with E-state index < -0.39 is 0 Å². The van der Waals surface area contributed by atoms with E-state index in [1.165, 1.54) is 19.3 Å². The number of piperidine rings is 1. The van der Waals surface area contributed by atoms with Gasteiger partial charge in [0.1, 0.15) is 5.75 Å². The molecule has 0 spiro atoms. The van der Waals surface area contributed by atoms with Crippen LogP contribution in [0.25, 0.3) is 0 Å². The number of benzene rings is 1. The van der Waals surface area contributed by atoms with E-state index in [-0.39, 0.29) is 12.5 Å². The first-order valence-corrected chi connectivity index (χ1v) is 10.2. The highest BCUT2D eigenvalue weighted by Gasteiger charge is 2.40. The lowest BCUT2D eigenvalue weighted by Gasteiger charge is -2.27. The third kappa shape index (κ3) is 4.21. The van der Waals surface area contributed by atoms with Gasteiger partial charge in [-0.3, -0.25) is 9.69 Å². The molecule has 2 aliphatic heterocycles. The van der Waals surface area contributed by atoms with Crippen LogP contribution in [0.2, 0.25) is 0 Å². The highest BCUT2D eigenvalue weighted by atomic mass is 16.5. The molecule has 26 heavy (non-hydrogen) atoms. The number of carbonyl (C=O) groups excluding carboxylic acids is 1. The summed E-state index contributed by atoms with van der Waals surface area (Å²) in [5, 5.41) is 0. The molecule has 0 bridgehead atoms. The molecule has 4 rings (SSSR count). The Bertz CT molecular complexity index is 625. The third-order valence-corrected chi connectivity index (χ3v) is 6.14. The Kier molecular flexibility index (Phi) is 5.46. The highest BCUT2D eigenvalue weighted by molar-refractivity contribution is 5.77. The Balaban J connectivity index is 1.33. The Morgan fingerprint density at radius 1 is 1.12 bits per heavy atom. The van der Waals surface area contributed by atoms with Crippen molar-refractivity contribution in [1.82, 2.24) is 9.80 Å². The van der Waals surface area contributed by atoms with E-state index in [2.05, 4.69) is 11.0 Å². The topological polar surface area (TPSA) is 58.8 Å². The van der Waals surface area contributed by atoms with Crippen molar-refractivity contribution in [2.75, 3.05) is 32.8 Å². The van der Waals surface area contributed by atoms with Gasteiger partial charge in [0.15, 0.2) is 6.61 Å². The average molecular weight is 357 g/mol. The molecule has 142 valence electrons. The van der Waals surface area contributed by atoms with Gasteiger partial charge >= 0.3 is 0 Å². The minimum Gasteiger partial charge on any atom is -0.483 e. The number of rotatable bonds is 6. The van der Waals surface area contributed by atoms with E-state index >= 15 is 0 Å². The maximum Gasteiger partial charge on any atom is 0.260 e. The predicted molar refractivity (Wildman–Crippen MR) is 102 cm³/mol. The quantitative estimate of drug-likeness (QED) is 0.848. The number of carbonyl (C=O) groups is 1. The van der Waals surface area contributed by atoms with Gasteiger partial charge in [0.25, 0.3) is 5.91 Å². The summed E-state index contributed by atoms with van der Waals surface area (Å²) in [6.07, 6.45) is 6.15. The van der Waals surface area contributed by atoms with Crippen LogP contribution in [0.4, 0.5) is 0 Å². The van der Waals surface area contributed by atoms with Gasteiger partial charge in [0, 0.05) is 44.3 Å². The summed E-state index contributed by atoms with van der Waals surface area (Å²) < 4.78 is 5.93. The molecular formula is C21H31N3O2. The number of amides is 1. The summed E-state index contributed by atoms with van der Waals surface area (Å²) in [5.74, 6) is 2.45. The molecule has 3 fully saturated rings. The monoisotopic (exact) mass is 357 g/mol. The minimum absolute atomic E-state index is 0.108. The van der Waals surface area contributed by atoms with Crippen molar-refractivity contribution in [2.45, 2.75) is 44.7 Å². The molecule has 2 heterocycles. The highest BCUT2D eigenvalue weighted by Crippen LogP contribution is 2.41. The third-order valence-electron chi connectivity index (χ3n) is 6.14. The van der Waals surface area contributed by atoms with Gasteiger partial charge < -0.3 is 15.4 Å². The van der Waals surface area contributed by atoms with Crippen molar-refractivity contribution < 1.29 is 9.53 Å². The second-order valence-electron chi connectivity index (χ2n) is 8.20. The van der Waals surface area contributed by atoms with Crippen LogP contribution >= 0.6 is 0 Å². The normalized spacial score (nSPS) is 26.9. The summed E-state index contributed by atoms with van der Waals surface area (Å²) in [4.78, 5) is 16.8. The molecule has 1 saturated carbocycles. The van der Waals surface area contributed by atoms with E-state index in [0.717, 1.165) is 62.8 Å². The zero-order valence-corrected chi connectivity index (χ0v) is 15.6. The van der Waals surface area contributed by atoms with Crippen LogP contribution in [0.15, 0.2) is 24.3 Å². The maximum absolute atomic E-state index is 12.4. The van der Waals surface area contributed by atoms with Crippen molar-refractivity contribution in [3.8, 4) is 5.75 Å². The van der Waals surface area contributed by atoms with E-state index in [4.69, 9.17) is 10.5 Å². The van der Waals surface area contributed by atoms with Gasteiger partial charge in [-0.05, 0) is 50.0 Å². The number of ether oxygens (including phenoxy) is 1. The molecule has 0 radical (unpaired) electrons. The van der Waals surface area contributed by atoms with Gasteiger partial charge in [-0.15, -0.1) is 0 Å². The maximum atomic E-state index is 12.4. The fourth-order valence-corrected chi connectivity index (χ4v) is 4.48. The first-order chi connectivity index (χ1) is 12.7. The molecule has 2 saturated heterocycles. The lowest BCUT2D eigenvalue weighted by molar-refractivity contribution is -0.134. The van der Waals surface area contributed by atoms with Gasteiger partial charge in [-0.1, -0.05) is 18.2 Å². The van der Waals surface area contributed by atoms with Crippen LogP contribution in [0, 0.1) is 11.8 Å². The summed E-state index contributed by atoms with van der Waals surface area (Å²) in [7, 11) is 0. The van der Waals surface area contributed by atoms with Crippen LogP contribution in [-0.2, 0) is 11.3 Å². The van der Waals surface area contributed by atoms with Gasteiger partial charge in [0.2, 0.25) is 0 Å². The number of nitrogens with two attached hydrogens (primary N) is 1. The number of hydrogen-bond donors (Lipinski definition) is 1. The second kappa shape index (κ2) is 7.97. The first kappa shape index (κ1) is 17.8. The van der Waals surface area contributed by atoms with Crippen molar-refractivity contribution in [2.24, 2.45) is 17.6 Å². The van der Waals surface area contributed by atoms with Crippen LogP contribution in [-0.4, -0.2) is 54.5 Å². The molecule has 1 aromatic rings. The standard InChI is InChI=1S/C21H31N3O2/c22-19-14-23(13-18(19)16-8-9-16)12-17-6-2-3-7-20(17)26-15-21(25)24-10-4-1-5-11-24/h2-3,6-7,16,18-19H,1,4-5,8-15,22H2. The molecule has 2 atom stereocenters. The first-order valence-electron chi connectivity index (χ1n) is 10.2. The van der Waals surface area contributed by atoms with E-state index in [0.29, 0.717) is 12.0 Å². The zero-order chi connectivity index (χ0) is 17.9. The second-order valence-corrected chi connectivity index (χ2v) is 8.20. The Labute approximate surface area is 156 Å². The number of para-hydroxylation sites is 1. The molecule has 1 aliphatic carbocycles. The van der Waals surface area contributed by atoms with E-state index in [9.17, 15) is 4.79 Å². The fraction of sp³-hybridized carbons (Fsp3) is 0.667. The average Bonchev–Trinajstić information content (AvgIpc) is 3.45. The van der Waals surface area contributed by atoms with Crippen LogP contribution in [0.1, 0.15) is 37.7 Å². The summed E-state index contributed by atoms with van der Waals surface area (Å²) in [6, 6.07) is 8.41. The van der Waals surface area contributed by atoms with Crippen molar-refractivity contribution >= 4 is 5.91 Å². The van der Waals surface area contributed by atoms with Crippen molar-refractivity contribution in [3.63, 3.8) is 0 Å². The number of likely N-dealkylation sites (tertiary alicyclic amines) is 2. The molecule has 1 aromatic carbocycles.